The normalized spacial score (nSPS) is 14.4. The van der Waals surface area contributed by atoms with Gasteiger partial charge < -0.3 is 4.90 Å². The van der Waals surface area contributed by atoms with Gasteiger partial charge in [0.1, 0.15) is 0 Å². The Morgan fingerprint density at radius 3 is 2.44 bits per heavy atom. The van der Waals surface area contributed by atoms with E-state index in [4.69, 9.17) is 0 Å². The number of carbonyl (C=O) groups excluding carboxylic acids is 1. The summed E-state index contributed by atoms with van der Waals surface area (Å²) in [5.41, 5.74) is 5.07. The molecule has 5 nitrogen and oxygen atoms in total. The van der Waals surface area contributed by atoms with Gasteiger partial charge in [-0.15, -0.1) is 0 Å². The smallest absolute Gasteiger partial charge is 0.258 e. The molecular weight excluding hydrogens is 360 g/mol. The maximum atomic E-state index is 13.3. The molecule has 0 saturated heterocycles. The molecule has 1 amide bonds. The number of fused-ring (bicyclic) bond motifs is 1. The zero-order chi connectivity index (χ0) is 19.9. The van der Waals surface area contributed by atoms with E-state index in [1.54, 1.807) is 17.9 Å². The highest BCUT2D eigenvalue weighted by Crippen LogP contribution is 2.32. The minimum atomic E-state index is -3.62. The first-order valence-electron chi connectivity index (χ1n) is 9.08. The summed E-state index contributed by atoms with van der Waals surface area (Å²) in [7, 11) is -0.617. The van der Waals surface area contributed by atoms with Crippen molar-refractivity contribution >= 4 is 21.6 Å². The molecule has 0 spiro atoms. The van der Waals surface area contributed by atoms with Crippen LogP contribution in [0.3, 0.4) is 0 Å². The lowest BCUT2D eigenvalue weighted by atomic mass is 9.97. The zero-order valence-corrected chi connectivity index (χ0v) is 17.4. The lowest BCUT2D eigenvalue weighted by molar-refractivity contribution is 0.0984. The van der Waals surface area contributed by atoms with Crippen molar-refractivity contribution in [2.45, 2.75) is 38.5 Å². The summed E-state index contributed by atoms with van der Waals surface area (Å²) in [5.74, 6) is -0.149. The minimum Gasteiger partial charge on any atom is -0.308 e. The van der Waals surface area contributed by atoms with Crippen LogP contribution in [0.25, 0.3) is 0 Å². The van der Waals surface area contributed by atoms with E-state index < -0.39 is 10.0 Å². The summed E-state index contributed by atoms with van der Waals surface area (Å²) in [6, 6.07) is 9.39. The number of hydrogen-bond donors (Lipinski definition) is 0. The Bertz CT molecular complexity index is 1010. The van der Waals surface area contributed by atoms with E-state index in [0.717, 1.165) is 29.7 Å². The van der Waals surface area contributed by atoms with Crippen LogP contribution in [0.4, 0.5) is 5.69 Å². The van der Waals surface area contributed by atoms with Crippen LogP contribution in [0.15, 0.2) is 35.2 Å². The van der Waals surface area contributed by atoms with Gasteiger partial charge in [0, 0.05) is 26.2 Å². The molecule has 27 heavy (non-hydrogen) atoms. The largest absolute Gasteiger partial charge is 0.308 e. The SMILES string of the molecule is Cc1cc(C(=O)N2CCCc3cccc(C)c32)cc(S(=O)(=O)N(C)C)c1C. The molecule has 0 unspecified atom stereocenters. The minimum absolute atomic E-state index is 0.149. The predicted molar refractivity (Wildman–Crippen MR) is 108 cm³/mol. The first-order valence-corrected chi connectivity index (χ1v) is 10.5. The fourth-order valence-electron chi connectivity index (χ4n) is 3.62. The molecule has 0 radical (unpaired) electrons. The van der Waals surface area contributed by atoms with Crippen molar-refractivity contribution in [1.82, 2.24) is 4.31 Å². The Hall–Kier alpha value is -2.18. The molecule has 1 heterocycles. The number of rotatable bonds is 3. The van der Waals surface area contributed by atoms with Crippen molar-refractivity contribution < 1.29 is 13.2 Å². The van der Waals surface area contributed by atoms with E-state index in [0.29, 0.717) is 17.7 Å². The number of aryl methyl sites for hydroxylation is 3. The third kappa shape index (κ3) is 3.39. The molecule has 144 valence electrons. The fraction of sp³-hybridized carbons (Fsp3) is 0.381. The van der Waals surface area contributed by atoms with Gasteiger partial charge in [-0.25, -0.2) is 12.7 Å². The number of amides is 1. The van der Waals surface area contributed by atoms with Gasteiger partial charge in [-0.05, 0) is 68.0 Å². The number of sulfonamides is 1. The van der Waals surface area contributed by atoms with Gasteiger partial charge >= 0.3 is 0 Å². The van der Waals surface area contributed by atoms with Gasteiger partial charge in [0.15, 0.2) is 0 Å². The van der Waals surface area contributed by atoms with Gasteiger partial charge in [-0.1, -0.05) is 18.2 Å². The number of carbonyl (C=O) groups is 1. The van der Waals surface area contributed by atoms with Gasteiger partial charge in [0.05, 0.1) is 10.6 Å². The first-order chi connectivity index (χ1) is 12.6. The van der Waals surface area contributed by atoms with Crippen LogP contribution in [0, 0.1) is 20.8 Å². The van der Waals surface area contributed by atoms with E-state index >= 15 is 0 Å². The molecule has 6 heteroatoms. The van der Waals surface area contributed by atoms with E-state index in [1.165, 1.54) is 30.0 Å². The summed E-state index contributed by atoms with van der Waals surface area (Å²) < 4.78 is 26.6. The standard InChI is InChI=1S/C21H26N2O3S/c1-14-8-6-9-17-10-7-11-23(20(14)17)21(24)18-12-15(2)16(3)19(13-18)27(25,26)22(4)5/h6,8-9,12-13H,7,10-11H2,1-5H3. The third-order valence-electron chi connectivity index (χ3n) is 5.29. The van der Waals surface area contributed by atoms with Crippen LogP contribution in [-0.2, 0) is 16.4 Å². The van der Waals surface area contributed by atoms with Gasteiger partial charge in [0.25, 0.3) is 5.91 Å². The Morgan fingerprint density at radius 2 is 1.78 bits per heavy atom. The average molecular weight is 387 g/mol. The van der Waals surface area contributed by atoms with Crippen LogP contribution in [0.5, 0.6) is 0 Å². The van der Waals surface area contributed by atoms with E-state index in [1.807, 2.05) is 26.0 Å². The maximum Gasteiger partial charge on any atom is 0.258 e. The number of anilines is 1. The Morgan fingerprint density at radius 1 is 1.07 bits per heavy atom. The molecule has 1 aliphatic rings. The number of hydrogen-bond acceptors (Lipinski definition) is 3. The predicted octanol–water partition coefficient (Wildman–Crippen LogP) is 3.46. The van der Waals surface area contributed by atoms with Crippen LogP contribution in [0.2, 0.25) is 0 Å². The summed E-state index contributed by atoms with van der Waals surface area (Å²) in [6.45, 7) is 6.27. The highest BCUT2D eigenvalue weighted by molar-refractivity contribution is 7.89. The summed E-state index contributed by atoms with van der Waals surface area (Å²) in [6.07, 6.45) is 1.85. The van der Waals surface area contributed by atoms with Gasteiger partial charge in [0.2, 0.25) is 10.0 Å². The van der Waals surface area contributed by atoms with Crippen molar-refractivity contribution in [1.29, 1.82) is 0 Å². The van der Waals surface area contributed by atoms with Gasteiger partial charge in [-0.3, -0.25) is 4.79 Å². The summed E-state index contributed by atoms with van der Waals surface area (Å²) in [4.78, 5) is 15.3. The van der Waals surface area contributed by atoms with Crippen molar-refractivity contribution in [3.63, 3.8) is 0 Å². The molecule has 3 rings (SSSR count). The zero-order valence-electron chi connectivity index (χ0n) is 16.5. The molecule has 0 N–H and O–H groups in total. The average Bonchev–Trinajstić information content (AvgIpc) is 2.62. The van der Waals surface area contributed by atoms with Crippen molar-refractivity contribution in [2.75, 3.05) is 25.5 Å². The van der Waals surface area contributed by atoms with Crippen molar-refractivity contribution in [3.8, 4) is 0 Å². The van der Waals surface area contributed by atoms with E-state index in [9.17, 15) is 13.2 Å². The third-order valence-corrected chi connectivity index (χ3v) is 7.23. The molecule has 0 fully saturated rings. The Kier molecular flexibility index (Phi) is 5.14. The highest BCUT2D eigenvalue weighted by Gasteiger charge is 2.28. The Balaban J connectivity index is 2.12. The van der Waals surface area contributed by atoms with Crippen molar-refractivity contribution in [2.24, 2.45) is 0 Å². The maximum absolute atomic E-state index is 13.3. The van der Waals surface area contributed by atoms with Crippen LogP contribution >= 0.6 is 0 Å². The second-order valence-corrected chi connectivity index (χ2v) is 9.47. The van der Waals surface area contributed by atoms with Crippen LogP contribution < -0.4 is 4.90 Å². The topological polar surface area (TPSA) is 57.7 Å². The summed E-state index contributed by atoms with van der Waals surface area (Å²) >= 11 is 0. The number of benzene rings is 2. The molecule has 0 bridgehead atoms. The Labute approximate surface area is 161 Å². The van der Waals surface area contributed by atoms with Crippen molar-refractivity contribution in [3.05, 3.63) is 58.1 Å². The van der Waals surface area contributed by atoms with Crippen LogP contribution in [-0.4, -0.2) is 39.3 Å². The second kappa shape index (κ2) is 7.09. The molecule has 0 aromatic heterocycles. The molecule has 0 saturated carbocycles. The van der Waals surface area contributed by atoms with Crippen LogP contribution in [0.1, 0.15) is 39.0 Å². The number of nitrogens with zero attached hydrogens (tertiary/aromatic N) is 2. The molecule has 1 aliphatic heterocycles. The molecule has 2 aromatic rings. The second-order valence-electron chi connectivity index (χ2n) is 7.35. The van der Waals surface area contributed by atoms with E-state index in [-0.39, 0.29) is 10.8 Å². The first kappa shape index (κ1) is 19.6. The lowest BCUT2D eigenvalue weighted by Crippen LogP contribution is -2.36. The van der Waals surface area contributed by atoms with E-state index in [2.05, 4.69) is 6.07 Å². The monoisotopic (exact) mass is 386 g/mol. The fourth-order valence-corrected chi connectivity index (χ4v) is 4.84. The molecule has 0 aliphatic carbocycles. The quantitative estimate of drug-likeness (QED) is 0.812. The highest BCUT2D eigenvalue weighted by atomic mass is 32.2. The molecular formula is C21H26N2O3S. The lowest BCUT2D eigenvalue weighted by Gasteiger charge is -2.31. The molecule has 2 aromatic carbocycles. The van der Waals surface area contributed by atoms with Gasteiger partial charge in [-0.2, -0.15) is 0 Å². The molecule has 0 atom stereocenters. The summed E-state index contributed by atoms with van der Waals surface area (Å²) in [5, 5.41) is 0. The number of para-hydroxylation sites is 1.